The van der Waals surface area contributed by atoms with Crippen LogP contribution in [-0.2, 0) is 25.4 Å². The topological polar surface area (TPSA) is 107 Å². The van der Waals surface area contributed by atoms with Gasteiger partial charge >= 0.3 is 0 Å². The van der Waals surface area contributed by atoms with E-state index in [2.05, 4.69) is 4.72 Å². The summed E-state index contributed by atoms with van der Waals surface area (Å²) < 4.78 is 26.6. The van der Waals surface area contributed by atoms with Gasteiger partial charge in [0.2, 0.25) is 21.8 Å². The molecule has 1 saturated carbocycles. The number of sulfonamides is 1. The van der Waals surface area contributed by atoms with Gasteiger partial charge in [0.25, 0.3) is 0 Å². The van der Waals surface area contributed by atoms with Gasteiger partial charge in [-0.1, -0.05) is 25.0 Å². The van der Waals surface area contributed by atoms with Gasteiger partial charge in [-0.05, 0) is 30.5 Å². The Balaban J connectivity index is 1.59. The number of amides is 2. The second-order valence-corrected chi connectivity index (χ2v) is 8.64. The van der Waals surface area contributed by atoms with Gasteiger partial charge in [-0.3, -0.25) is 14.3 Å². The van der Waals surface area contributed by atoms with Gasteiger partial charge in [-0.25, -0.2) is 8.42 Å². The van der Waals surface area contributed by atoms with Crippen LogP contribution in [0.15, 0.2) is 24.3 Å². The van der Waals surface area contributed by atoms with E-state index in [1.807, 2.05) is 6.07 Å². The van der Waals surface area contributed by atoms with E-state index in [-0.39, 0.29) is 24.1 Å². The van der Waals surface area contributed by atoms with Gasteiger partial charge in [0.05, 0.1) is 23.3 Å². The van der Waals surface area contributed by atoms with Crippen molar-refractivity contribution in [3.63, 3.8) is 0 Å². The smallest absolute Gasteiger partial charge is 0.239 e. The van der Waals surface area contributed by atoms with E-state index >= 15 is 0 Å². The first-order chi connectivity index (χ1) is 12.4. The molecule has 0 radical (unpaired) electrons. The lowest BCUT2D eigenvalue weighted by atomic mass is 10.1. The number of nitrogens with zero attached hydrogens (tertiary/aromatic N) is 2. The lowest BCUT2D eigenvalue weighted by Crippen LogP contribution is -2.39. The highest BCUT2D eigenvalue weighted by molar-refractivity contribution is 7.89. The zero-order valence-corrected chi connectivity index (χ0v) is 15.2. The van der Waals surface area contributed by atoms with Gasteiger partial charge in [-0.15, -0.1) is 0 Å². The quantitative estimate of drug-likeness (QED) is 0.834. The Hall–Kier alpha value is -2.40. The highest BCUT2D eigenvalue weighted by atomic mass is 32.2. The standard InChI is InChI=1S/C18H21N3O4S/c19-10-13-5-7-14(8-6-13)12-26(24,25)20-18(23)15-9-17(22)21(11-15)16-3-1-2-4-16/h5-8,15-16H,1-4,9,11-12H2,(H,20,23). The van der Waals surface area contributed by atoms with Gasteiger partial charge in [-0.2, -0.15) is 5.26 Å². The van der Waals surface area contributed by atoms with Crippen LogP contribution in [0, 0.1) is 17.2 Å². The van der Waals surface area contributed by atoms with Crippen molar-refractivity contribution in [1.82, 2.24) is 9.62 Å². The number of carbonyl (C=O) groups is 2. The first-order valence-corrected chi connectivity index (χ1v) is 10.4. The summed E-state index contributed by atoms with van der Waals surface area (Å²) in [4.78, 5) is 26.2. The summed E-state index contributed by atoms with van der Waals surface area (Å²) in [5.74, 6) is -1.66. The SMILES string of the molecule is N#Cc1ccc(CS(=O)(=O)NC(=O)C2CC(=O)N(C3CCCC3)C2)cc1. The Bertz CT molecular complexity index is 836. The molecule has 0 bridgehead atoms. The summed E-state index contributed by atoms with van der Waals surface area (Å²) >= 11 is 0. The molecule has 0 spiro atoms. The molecule has 7 nitrogen and oxygen atoms in total. The maximum atomic E-state index is 12.3. The van der Waals surface area contributed by atoms with E-state index in [1.165, 1.54) is 12.1 Å². The average molecular weight is 375 g/mol. The van der Waals surface area contributed by atoms with Crippen molar-refractivity contribution in [1.29, 1.82) is 5.26 Å². The first kappa shape index (κ1) is 18.4. The number of hydrogen-bond donors (Lipinski definition) is 1. The lowest BCUT2D eigenvalue weighted by Gasteiger charge is -2.23. The highest BCUT2D eigenvalue weighted by Crippen LogP contribution is 2.29. The molecule has 1 saturated heterocycles. The minimum Gasteiger partial charge on any atom is -0.339 e. The number of hydrogen-bond acceptors (Lipinski definition) is 5. The van der Waals surface area contributed by atoms with Crippen LogP contribution in [0.3, 0.4) is 0 Å². The Morgan fingerprint density at radius 1 is 1.23 bits per heavy atom. The van der Waals surface area contributed by atoms with Gasteiger partial charge in [0, 0.05) is 19.0 Å². The minimum atomic E-state index is -3.86. The van der Waals surface area contributed by atoms with Crippen LogP contribution in [0.1, 0.15) is 43.2 Å². The molecule has 2 amide bonds. The van der Waals surface area contributed by atoms with Crippen LogP contribution in [0.5, 0.6) is 0 Å². The van der Waals surface area contributed by atoms with Crippen molar-refractivity contribution in [2.45, 2.75) is 43.9 Å². The number of benzene rings is 1. The van der Waals surface area contributed by atoms with Crippen LogP contribution in [0.4, 0.5) is 0 Å². The molecular formula is C18H21N3O4S. The molecule has 2 aliphatic rings. The molecule has 2 fully saturated rings. The Morgan fingerprint density at radius 2 is 1.88 bits per heavy atom. The van der Waals surface area contributed by atoms with Crippen molar-refractivity contribution in [3.8, 4) is 6.07 Å². The zero-order valence-electron chi connectivity index (χ0n) is 14.3. The molecule has 1 N–H and O–H groups in total. The minimum absolute atomic E-state index is 0.0642. The Labute approximate surface area is 153 Å². The molecule has 26 heavy (non-hydrogen) atoms. The van der Waals surface area contributed by atoms with Crippen LogP contribution < -0.4 is 4.72 Å². The van der Waals surface area contributed by atoms with Crippen molar-refractivity contribution in [2.24, 2.45) is 5.92 Å². The second-order valence-electron chi connectivity index (χ2n) is 6.92. The molecule has 1 atom stereocenters. The fourth-order valence-electron chi connectivity index (χ4n) is 3.64. The van der Waals surface area contributed by atoms with E-state index in [4.69, 9.17) is 5.26 Å². The first-order valence-electron chi connectivity index (χ1n) is 8.71. The predicted octanol–water partition coefficient (Wildman–Crippen LogP) is 1.30. The molecule has 3 rings (SSSR count). The van der Waals surface area contributed by atoms with Crippen molar-refractivity contribution in [2.75, 3.05) is 6.54 Å². The normalized spacial score (nSPS) is 21.0. The molecule has 1 aliphatic heterocycles. The number of nitriles is 1. The summed E-state index contributed by atoms with van der Waals surface area (Å²) in [6.45, 7) is 0.293. The molecule has 138 valence electrons. The van der Waals surface area contributed by atoms with Crippen LogP contribution in [0.25, 0.3) is 0 Å². The molecular weight excluding hydrogens is 354 g/mol. The van der Waals surface area contributed by atoms with Crippen LogP contribution >= 0.6 is 0 Å². The van der Waals surface area contributed by atoms with Crippen molar-refractivity contribution >= 4 is 21.8 Å². The fraction of sp³-hybridized carbons (Fsp3) is 0.500. The summed E-state index contributed by atoms with van der Waals surface area (Å²) in [7, 11) is -3.86. The lowest BCUT2D eigenvalue weighted by molar-refractivity contribution is -0.130. The van der Waals surface area contributed by atoms with Gasteiger partial charge in [0.15, 0.2) is 0 Å². The summed E-state index contributed by atoms with van der Waals surface area (Å²) in [5, 5.41) is 8.77. The van der Waals surface area contributed by atoms with Crippen molar-refractivity contribution < 1.29 is 18.0 Å². The maximum absolute atomic E-state index is 12.3. The van der Waals surface area contributed by atoms with Crippen LogP contribution in [-0.4, -0.2) is 37.7 Å². The van der Waals surface area contributed by atoms with E-state index in [1.54, 1.807) is 17.0 Å². The molecule has 1 unspecified atom stereocenters. The predicted molar refractivity (Wildman–Crippen MR) is 94.0 cm³/mol. The third kappa shape index (κ3) is 4.22. The largest absolute Gasteiger partial charge is 0.339 e. The number of nitrogens with one attached hydrogen (secondary N) is 1. The monoisotopic (exact) mass is 375 g/mol. The number of likely N-dealkylation sites (tertiary alicyclic amines) is 1. The van der Waals surface area contributed by atoms with E-state index in [0.29, 0.717) is 17.7 Å². The summed E-state index contributed by atoms with van der Waals surface area (Å²) in [6.07, 6.45) is 4.15. The van der Waals surface area contributed by atoms with Crippen LogP contribution in [0.2, 0.25) is 0 Å². The van der Waals surface area contributed by atoms with Crippen molar-refractivity contribution in [3.05, 3.63) is 35.4 Å². The zero-order chi connectivity index (χ0) is 18.7. The molecule has 0 aromatic heterocycles. The molecule has 1 aliphatic carbocycles. The fourth-order valence-corrected chi connectivity index (χ4v) is 4.82. The third-order valence-electron chi connectivity index (χ3n) is 4.99. The summed E-state index contributed by atoms with van der Waals surface area (Å²) in [5.41, 5.74) is 0.922. The van der Waals surface area contributed by atoms with E-state index in [9.17, 15) is 18.0 Å². The van der Waals surface area contributed by atoms with Gasteiger partial charge in [0.1, 0.15) is 0 Å². The maximum Gasteiger partial charge on any atom is 0.239 e. The molecule has 8 heteroatoms. The number of carbonyl (C=O) groups excluding carboxylic acids is 2. The Kier molecular flexibility index (Phi) is 5.28. The Morgan fingerprint density at radius 3 is 2.50 bits per heavy atom. The highest BCUT2D eigenvalue weighted by Gasteiger charge is 2.39. The average Bonchev–Trinajstić information content (AvgIpc) is 3.24. The molecule has 1 aromatic rings. The number of rotatable bonds is 5. The van der Waals surface area contributed by atoms with E-state index in [0.717, 1.165) is 25.7 Å². The molecule has 1 heterocycles. The molecule has 1 aromatic carbocycles. The third-order valence-corrected chi connectivity index (χ3v) is 6.22. The van der Waals surface area contributed by atoms with E-state index < -0.39 is 21.8 Å². The second kappa shape index (κ2) is 7.46. The van der Waals surface area contributed by atoms with Gasteiger partial charge < -0.3 is 4.90 Å². The summed E-state index contributed by atoms with van der Waals surface area (Å²) in [6, 6.07) is 8.30.